The average Bonchev–Trinajstić information content (AvgIpc) is 2.15. The Morgan fingerprint density at radius 3 is 2.56 bits per heavy atom. The largest absolute Gasteiger partial charge is 0.256 e. The summed E-state index contributed by atoms with van der Waals surface area (Å²) >= 11 is 0. The number of halogens is 1. The standard InChI is InChI=1S/C14H16FN/c1-9-8-11-10(6-5-7-16-11)13(15)12(9)14(2,3)4/h5-8H,1-4H3. The predicted octanol–water partition coefficient (Wildman–Crippen LogP) is 3.98. The summed E-state index contributed by atoms with van der Waals surface area (Å²) in [6.45, 7) is 8.03. The molecular formula is C14H16FN. The Kier molecular flexibility index (Phi) is 2.45. The lowest BCUT2D eigenvalue weighted by atomic mass is 9.83. The zero-order chi connectivity index (χ0) is 11.9. The number of nitrogens with zero attached hydrogens (tertiary/aromatic N) is 1. The van der Waals surface area contributed by atoms with Crippen LogP contribution in [0.5, 0.6) is 0 Å². The van der Waals surface area contributed by atoms with Crippen LogP contribution < -0.4 is 0 Å². The fraction of sp³-hybridized carbons (Fsp3) is 0.357. The third kappa shape index (κ3) is 1.69. The van der Waals surface area contributed by atoms with Gasteiger partial charge in [0.1, 0.15) is 5.82 Å². The third-order valence-electron chi connectivity index (χ3n) is 2.79. The van der Waals surface area contributed by atoms with Crippen molar-refractivity contribution in [3.8, 4) is 0 Å². The van der Waals surface area contributed by atoms with Crippen LogP contribution >= 0.6 is 0 Å². The molecule has 0 amide bonds. The van der Waals surface area contributed by atoms with Crippen molar-refractivity contribution in [2.24, 2.45) is 0 Å². The molecule has 0 saturated carbocycles. The minimum atomic E-state index is -0.182. The number of rotatable bonds is 0. The highest BCUT2D eigenvalue weighted by Crippen LogP contribution is 2.32. The van der Waals surface area contributed by atoms with Crippen molar-refractivity contribution in [2.45, 2.75) is 33.1 Å². The van der Waals surface area contributed by atoms with E-state index in [0.29, 0.717) is 5.39 Å². The van der Waals surface area contributed by atoms with Gasteiger partial charge in [-0.3, -0.25) is 4.98 Å². The molecule has 0 unspecified atom stereocenters. The van der Waals surface area contributed by atoms with Gasteiger partial charge in [0.2, 0.25) is 0 Å². The quantitative estimate of drug-likeness (QED) is 0.650. The van der Waals surface area contributed by atoms with Crippen LogP contribution in [0.2, 0.25) is 0 Å². The van der Waals surface area contributed by atoms with E-state index in [9.17, 15) is 4.39 Å². The minimum Gasteiger partial charge on any atom is -0.256 e. The maximum Gasteiger partial charge on any atom is 0.136 e. The highest BCUT2D eigenvalue weighted by molar-refractivity contribution is 5.81. The number of hydrogen-bond donors (Lipinski definition) is 0. The number of aryl methyl sites for hydroxylation is 1. The number of fused-ring (bicyclic) bond motifs is 1. The van der Waals surface area contributed by atoms with Gasteiger partial charge in [-0.2, -0.15) is 0 Å². The summed E-state index contributed by atoms with van der Waals surface area (Å²) < 4.78 is 14.4. The van der Waals surface area contributed by atoms with Gasteiger partial charge in [-0.15, -0.1) is 0 Å². The molecule has 0 bridgehead atoms. The van der Waals surface area contributed by atoms with E-state index in [-0.39, 0.29) is 11.2 Å². The molecule has 1 aromatic heterocycles. The van der Waals surface area contributed by atoms with E-state index in [1.165, 1.54) is 0 Å². The second-order valence-electron chi connectivity index (χ2n) is 5.20. The Morgan fingerprint density at radius 1 is 1.25 bits per heavy atom. The number of pyridine rings is 1. The SMILES string of the molecule is Cc1cc2ncccc2c(F)c1C(C)(C)C. The summed E-state index contributed by atoms with van der Waals surface area (Å²) in [4.78, 5) is 4.19. The van der Waals surface area contributed by atoms with Gasteiger partial charge in [0.25, 0.3) is 0 Å². The summed E-state index contributed by atoms with van der Waals surface area (Å²) in [5, 5.41) is 0.609. The first-order valence-electron chi connectivity index (χ1n) is 5.45. The van der Waals surface area contributed by atoms with Gasteiger partial charge in [-0.1, -0.05) is 20.8 Å². The molecule has 0 radical (unpaired) electrons. The van der Waals surface area contributed by atoms with Crippen molar-refractivity contribution in [3.05, 3.63) is 41.3 Å². The fourth-order valence-corrected chi connectivity index (χ4v) is 2.22. The van der Waals surface area contributed by atoms with E-state index in [4.69, 9.17) is 0 Å². The average molecular weight is 217 g/mol. The molecule has 1 heterocycles. The Bertz CT molecular complexity index is 538. The van der Waals surface area contributed by atoms with Crippen molar-refractivity contribution < 1.29 is 4.39 Å². The van der Waals surface area contributed by atoms with Gasteiger partial charge in [-0.25, -0.2) is 4.39 Å². The Hall–Kier alpha value is -1.44. The molecule has 0 atom stereocenters. The van der Waals surface area contributed by atoms with Crippen LogP contribution in [-0.4, -0.2) is 4.98 Å². The molecule has 1 nitrogen and oxygen atoms in total. The molecule has 16 heavy (non-hydrogen) atoms. The van der Waals surface area contributed by atoms with Crippen molar-refractivity contribution in [1.29, 1.82) is 0 Å². The highest BCUT2D eigenvalue weighted by Gasteiger charge is 2.22. The maximum absolute atomic E-state index is 14.4. The molecule has 0 aliphatic carbocycles. The molecule has 0 N–H and O–H groups in total. The van der Waals surface area contributed by atoms with Crippen LogP contribution in [0.15, 0.2) is 24.4 Å². The molecule has 2 heteroatoms. The topological polar surface area (TPSA) is 12.9 Å². The summed E-state index contributed by atoms with van der Waals surface area (Å²) in [6.07, 6.45) is 1.69. The lowest BCUT2D eigenvalue weighted by molar-refractivity contribution is 0.525. The van der Waals surface area contributed by atoms with Crippen LogP contribution in [0.25, 0.3) is 10.9 Å². The monoisotopic (exact) mass is 217 g/mol. The van der Waals surface area contributed by atoms with Crippen molar-refractivity contribution in [3.63, 3.8) is 0 Å². The Morgan fingerprint density at radius 2 is 1.94 bits per heavy atom. The minimum absolute atomic E-state index is 0.129. The third-order valence-corrected chi connectivity index (χ3v) is 2.79. The summed E-state index contributed by atoms with van der Waals surface area (Å²) in [5.74, 6) is -0.129. The molecule has 2 rings (SSSR count). The molecule has 1 aromatic carbocycles. The van der Waals surface area contributed by atoms with Gasteiger partial charge < -0.3 is 0 Å². The van der Waals surface area contributed by atoms with Crippen molar-refractivity contribution in [2.75, 3.05) is 0 Å². The van der Waals surface area contributed by atoms with Gasteiger partial charge in [0, 0.05) is 11.6 Å². The Balaban J connectivity index is 2.86. The highest BCUT2D eigenvalue weighted by atomic mass is 19.1. The van der Waals surface area contributed by atoms with E-state index in [2.05, 4.69) is 4.98 Å². The molecule has 0 aliphatic heterocycles. The molecule has 2 aromatic rings. The predicted molar refractivity (Wildman–Crippen MR) is 65.1 cm³/mol. The molecule has 0 saturated heterocycles. The van der Waals surface area contributed by atoms with Crippen LogP contribution in [0.3, 0.4) is 0 Å². The lowest BCUT2D eigenvalue weighted by Crippen LogP contribution is -2.16. The first-order valence-corrected chi connectivity index (χ1v) is 5.45. The second kappa shape index (κ2) is 3.55. The zero-order valence-electron chi connectivity index (χ0n) is 10.1. The van der Waals surface area contributed by atoms with Crippen molar-refractivity contribution >= 4 is 10.9 Å². The number of aromatic nitrogens is 1. The van der Waals surface area contributed by atoms with Crippen LogP contribution in [-0.2, 0) is 5.41 Å². The fourth-order valence-electron chi connectivity index (χ4n) is 2.22. The summed E-state index contributed by atoms with van der Waals surface area (Å²) in [5.41, 5.74) is 2.30. The maximum atomic E-state index is 14.4. The number of hydrogen-bond acceptors (Lipinski definition) is 1. The summed E-state index contributed by atoms with van der Waals surface area (Å²) in [7, 11) is 0. The first-order chi connectivity index (χ1) is 7.41. The molecule has 0 spiro atoms. The van der Waals surface area contributed by atoms with E-state index >= 15 is 0 Å². The van der Waals surface area contributed by atoms with Gasteiger partial charge >= 0.3 is 0 Å². The van der Waals surface area contributed by atoms with Crippen LogP contribution in [0.1, 0.15) is 31.9 Å². The molecule has 0 aliphatic rings. The van der Waals surface area contributed by atoms with Gasteiger partial charge in [0.05, 0.1) is 5.52 Å². The van der Waals surface area contributed by atoms with E-state index < -0.39 is 0 Å². The van der Waals surface area contributed by atoms with Gasteiger partial charge in [-0.05, 0) is 41.7 Å². The van der Waals surface area contributed by atoms with E-state index in [0.717, 1.165) is 16.6 Å². The van der Waals surface area contributed by atoms with Crippen LogP contribution in [0.4, 0.5) is 4.39 Å². The normalized spacial score (nSPS) is 12.1. The zero-order valence-corrected chi connectivity index (χ0v) is 10.1. The van der Waals surface area contributed by atoms with Gasteiger partial charge in [0.15, 0.2) is 0 Å². The molecular weight excluding hydrogens is 201 g/mol. The molecule has 0 fully saturated rings. The Labute approximate surface area is 95.3 Å². The smallest absolute Gasteiger partial charge is 0.136 e. The first kappa shape index (κ1) is 11.1. The number of benzene rings is 1. The summed E-state index contributed by atoms with van der Waals surface area (Å²) in [6, 6.07) is 5.51. The lowest BCUT2D eigenvalue weighted by Gasteiger charge is -2.23. The molecule has 84 valence electrons. The van der Waals surface area contributed by atoms with E-state index in [1.54, 1.807) is 18.3 Å². The van der Waals surface area contributed by atoms with E-state index in [1.807, 2.05) is 33.8 Å². The van der Waals surface area contributed by atoms with Crippen molar-refractivity contribution in [1.82, 2.24) is 4.98 Å². The van der Waals surface area contributed by atoms with Crippen LogP contribution in [0, 0.1) is 12.7 Å². The second-order valence-corrected chi connectivity index (χ2v) is 5.20.